The van der Waals surface area contributed by atoms with Gasteiger partial charge in [-0.1, -0.05) is 0 Å². The zero-order chi connectivity index (χ0) is 6.85. The van der Waals surface area contributed by atoms with Crippen LogP contribution in [0.5, 0.6) is 0 Å². The number of nitrogens with zero attached hydrogens (tertiary/aromatic N) is 2. The maximum absolute atomic E-state index is 9.93. The van der Waals surface area contributed by atoms with Gasteiger partial charge in [0.25, 0.3) is 0 Å². The number of nitrogens with two attached hydrogens (primary N) is 1. The van der Waals surface area contributed by atoms with E-state index in [1.807, 2.05) is 0 Å². The molecule has 1 heterocycles. The Morgan fingerprint density at radius 1 is 1.89 bits per heavy atom. The second-order valence-electron chi connectivity index (χ2n) is 1.42. The number of aromatic amines is 1. The van der Waals surface area contributed by atoms with Gasteiger partial charge < -0.3 is 15.8 Å². The van der Waals surface area contributed by atoms with E-state index in [-0.39, 0.29) is 11.5 Å². The fourth-order valence-electron chi connectivity index (χ4n) is 0.438. The zero-order valence-corrected chi connectivity index (χ0v) is 4.37. The van der Waals surface area contributed by atoms with Gasteiger partial charge in [0, 0.05) is 0 Å². The van der Waals surface area contributed by atoms with Gasteiger partial charge in [-0.25, -0.2) is 0 Å². The van der Waals surface area contributed by atoms with Crippen LogP contribution in [0, 0.1) is 10.1 Å². The lowest BCUT2D eigenvalue weighted by atomic mass is 10.5. The van der Waals surface area contributed by atoms with E-state index in [1.54, 1.807) is 0 Å². The molecule has 0 spiro atoms. The van der Waals surface area contributed by atoms with Gasteiger partial charge in [-0.3, -0.25) is 0 Å². The van der Waals surface area contributed by atoms with Crippen molar-refractivity contribution < 1.29 is 4.92 Å². The topological polar surface area (TPSA) is 97.8 Å². The van der Waals surface area contributed by atoms with Crippen molar-refractivity contribution in [3.63, 3.8) is 0 Å². The molecule has 0 radical (unpaired) electrons. The number of H-pyrrole nitrogens is 1. The molecule has 0 aliphatic rings. The molecule has 0 saturated carbocycles. The number of hydrogen-bond acceptors (Lipinski definition) is 4. The smallest absolute Gasteiger partial charge is 0.390 e. The van der Waals surface area contributed by atoms with Gasteiger partial charge in [-0.15, -0.1) is 0 Å². The summed E-state index contributed by atoms with van der Waals surface area (Å²) < 4.78 is 0. The van der Waals surface area contributed by atoms with Gasteiger partial charge in [-0.2, -0.15) is 5.10 Å². The van der Waals surface area contributed by atoms with E-state index < -0.39 is 4.92 Å². The van der Waals surface area contributed by atoms with Crippen LogP contribution in [0.25, 0.3) is 0 Å². The van der Waals surface area contributed by atoms with Crippen molar-refractivity contribution in [2.24, 2.45) is 0 Å². The molecule has 0 aromatic carbocycles. The molecular weight excluding hydrogens is 124 g/mol. The molecule has 6 nitrogen and oxygen atoms in total. The van der Waals surface area contributed by atoms with Crippen LogP contribution in [-0.2, 0) is 0 Å². The molecule has 0 amide bonds. The highest BCUT2D eigenvalue weighted by Gasteiger charge is 2.12. The molecule has 0 bridgehead atoms. The van der Waals surface area contributed by atoms with Crippen molar-refractivity contribution in [2.75, 3.05) is 5.73 Å². The zero-order valence-electron chi connectivity index (χ0n) is 4.37. The highest BCUT2D eigenvalue weighted by molar-refractivity contribution is 5.50. The quantitative estimate of drug-likeness (QED) is 0.407. The Kier molecular flexibility index (Phi) is 1.07. The lowest BCUT2D eigenvalue weighted by Gasteiger charge is -1.85. The second kappa shape index (κ2) is 1.73. The number of anilines is 1. The monoisotopic (exact) mass is 128 g/mol. The SMILES string of the molecule is Nc1c[nH]nc1[N+](=O)[O-]. The third kappa shape index (κ3) is 0.809. The summed E-state index contributed by atoms with van der Waals surface area (Å²) in [7, 11) is 0. The van der Waals surface area contributed by atoms with Crippen LogP contribution in [0.1, 0.15) is 0 Å². The first kappa shape index (κ1) is 5.54. The molecule has 3 N–H and O–H groups in total. The van der Waals surface area contributed by atoms with Crippen LogP contribution in [0.2, 0.25) is 0 Å². The lowest BCUT2D eigenvalue weighted by Crippen LogP contribution is -1.92. The lowest BCUT2D eigenvalue weighted by molar-refractivity contribution is -0.388. The van der Waals surface area contributed by atoms with E-state index in [1.165, 1.54) is 6.20 Å². The summed E-state index contributed by atoms with van der Waals surface area (Å²) in [5.41, 5.74) is 5.16. The van der Waals surface area contributed by atoms with Crippen molar-refractivity contribution >= 4 is 11.5 Å². The average molecular weight is 128 g/mol. The summed E-state index contributed by atoms with van der Waals surface area (Å²) in [6.45, 7) is 0. The second-order valence-corrected chi connectivity index (χ2v) is 1.42. The first-order valence-electron chi connectivity index (χ1n) is 2.15. The summed E-state index contributed by atoms with van der Waals surface area (Å²) >= 11 is 0. The van der Waals surface area contributed by atoms with E-state index in [2.05, 4.69) is 10.2 Å². The minimum atomic E-state index is -0.647. The first-order chi connectivity index (χ1) is 4.22. The van der Waals surface area contributed by atoms with E-state index in [0.29, 0.717) is 0 Å². The average Bonchev–Trinajstić information content (AvgIpc) is 2.13. The molecule has 0 fully saturated rings. The molecule has 0 aliphatic heterocycles. The summed E-state index contributed by atoms with van der Waals surface area (Å²) in [5.74, 6) is -0.324. The fraction of sp³-hybridized carbons (Fsp3) is 0. The number of nitro groups is 1. The number of aromatic nitrogens is 2. The van der Waals surface area contributed by atoms with Crippen LogP contribution in [0.3, 0.4) is 0 Å². The molecule has 9 heavy (non-hydrogen) atoms. The number of hydrogen-bond donors (Lipinski definition) is 2. The van der Waals surface area contributed by atoms with Crippen LogP contribution in [-0.4, -0.2) is 15.1 Å². The summed E-state index contributed by atoms with van der Waals surface area (Å²) in [6.07, 6.45) is 1.26. The van der Waals surface area contributed by atoms with Crippen LogP contribution in [0.15, 0.2) is 6.20 Å². The van der Waals surface area contributed by atoms with Gasteiger partial charge in [0.15, 0.2) is 5.69 Å². The van der Waals surface area contributed by atoms with Gasteiger partial charge in [0.1, 0.15) is 0 Å². The standard InChI is InChI=1S/C3H4N4O2/c4-2-1-5-6-3(2)7(8)9/h1H,4H2,(H,5,6). The highest BCUT2D eigenvalue weighted by atomic mass is 16.6. The minimum Gasteiger partial charge on any atom is -0.390 e. The molecule has 6 heteroatoms. The van der Waals surface area contributed by atoms with Gasteiger partial charge >= 0.3 is 5.82 Å². The van der Waals surface area contributed by atoms with Crippen molar-refractivity contribution in [3.05, 3.63) is 16.3 Å². The number of nitrogens with one attached hydrogen (secondary N) is 1. The maximum Gasteiger partial charge on any atom is 0.412 e. The van der Waals surface area contributed by atoms with Crippen molar-refractivity contribution in [1.29, 1.82) is 0 Å². The van der Waals surface area contributed by atoms with Crippen LogP contribution in [0.4, 0.5) is 11.5 Å². The largest absolute Gasteiger partial charge is 0.412 e. The van der Waals surface area contributed by atoms with Crippen LogP contribution < -0.4 is 5.73 Å². The Hall–Kier alpha value is -1.59. The number of nitrogen functional groups attached to an aromatic ring is 1. The van der Waals surface area contributed by atoms with Crippen molar-refractivity contribution in [2.45, 2.75) is 0 Å². The third-order valence-corrected chi connectivity index (χ3v) is 0.822. The van der Waals surface area contributed by atoms with Gasteiger partial charge in [0.05, 0.1) is 11.3 Å². The van der Waals surface area contributed by atoms with E-state index in [9.17, 15) is 10.1 Å². The van der Waals surface area contributed by atoms with Crippen molar-refractivity contribution in [3.8, 4) is 0 Å². The Balaban J connectivity index is 3.08. The molecule has 48 valence electrons. The normalized spacial score (nSPS) is 9.33. The molecular formula is C3H4N4O2. The van der Waals surface area contributed by atoms with Crippen LogP contribution >= 0.6 is 0 Å². The Bertz CT molecular complexity index is 229. The van der Waals surface area contributed by atoms with Gasteiger partial charge in [-0.05, 0) is 4.92 Å². The molecule has 1 rings (SSSR count). The minimum absolute atomic E-state index is 0.0556. The summed E-state index contributed by atoms with van der Waals surface area (Å²) in [6, 6.07) is 0. The Morgan fingerprint density at radius 3 is 2.78 bits per heavy atom. The Labute approximate surface area is 49.8 Å². The Morgan fingerprint density at radius 2 is 2.56 bits per heavy atom. The number of rotatable bonds is 1. The highest BCUT2D eigenvalue weighted by Crippen LogP contribution is 2.13. The van der Waals surface area contributed by atoms with E-state index >= 15 is 0 Å². The van der Waals surface area contributed by atoms with Gasteiger partial charge in [0.2, 0.25) is 0 Å². The summed E-state index contributed by atoms with van der Waals surface area (Å²) in [4.78, 5) is 9.28. The maximum atomic E-state index is 9.93. The summed E-state index contributed by atoms with van der Waals surface area (Å²) in [5, 5.41) is 15.5. The predicted molar refractivity (Wildman–Crippen MR) is 29.7 cm³/mol. The molecule has 0 saturated heterocycles. The molecule has 0 atom stereocenters. The third-order valence-electron chi connectivity index (χ3n) is 0.822. The molecule has 0 unspecified atom stereocenters. The molecule has 1 aromatic rings. The van der Waals surface area contributed by atoms with E-state index in [4.69, 9.17) is 5.73 Å². The fourth-order valence-corrected chi connectivity index (χ4v) is 0.438. The molecule has 1 aromatic heterocycles. The molecule has 0 aliphatic carbocycles. The van der Waals surface area contributed by atoms with Crippen molar-refractivity contribution in [1.82, 2.24) is 10.2 Å². The predicted octanol–water partition coefficient (Wildman–Crippen LogP) is -0.0999. The van der Waals surface area contributed by atoms with E-state index in [0.717, 1.165) is 0 Å². The first-order valence-corrected chi connectivity index (χ1v) is 2.15.